The van der Waals surface area contributed by atoms with E-state index in [1.54, 1.807) is 29.3 Å². The van der Waals surface area contributed by atoms with Crippen LogP contribution in [0.15, 0.2) is 24.7 Å². The molecule has 2 aromatic rings. The number of aryl methyl sites for hydroxylation is 1. The van der Waals surface area contributed by atoms with E-state index in [0.29, 0.717) is 10.8 Å². The predicted octanol–water partition coefficient (Wildman–Crippen LogP) is 1.17. The van der Waals surface area contributed by atoms with Crippen LogP contribution in [0, 0.1) is 0 Å². The van der Waals surface area contributed by atoms with E-state index in [1.165, 1.54) is 0 Å². The van der Waals surface area contributed by atoms with Crippen molar-refractivity contribution in [3.63, 3.8) is 0 Å². The normalized spacial score (nSPS) is 12.7. The van der Waals surface area contributed by atoms with Gasteiger partial charge in [-0.05, 0) is 13.1 Å². The standard InChI is InChI=1S/C10H12ClN5/c1-12-8(10-13-4-3-5-14-10)9-7(11)6-15-16(9)2/h3-6,8,12H,1-2H3. The smallest absolute Gasteiger partial charge is 0.151 e. The summed E-state index contributed by atoms with van der Waals surface area (Å²) in [6.07, 6.45) is 5.03. The summed E-state index contributed by atoms with van der Waals surface area (Å²) in [7, 11) is 3.68. The van der Waals surface area contributed by atoms with Crippen LogP contribution in [0.25, 0.3) is 0 Å². The zero-order valence-corrected chi connectivity index (χ0v) is 9.81. The highest BCUT2D eigenvalue weighted by atomic mass is 35.5. The number of nitrogens with one attached hydrogen (secondary N) is 1. The second-order valence-electron chi connectivity index (χ2n) is 3.33. The van der Waals surface area contributed by atoms with E-state index in [9.17, 15) is 0 Å². The molecule has 0 bridgehead atoms. The Hall–Kier alpha value is -1.46. The number of hydrogen-bond donors (Lipinski definition) is 1. The van der Waals surface area contributed by atoms with Crippen LogP contribution in [0.4, 0.5) is 0 Å². The molecule has 2 rings (SSSR count). The van der Waals surface area contributed by atoms with Gasteiger partial charge < -0.3 is 5.32 Å². The van der Waals surface area contributed by atoms with Crippen molar-refractivity contribution in [3.8, 4) is 0 Å². The Balaban J connectivity index is 2.45. The van der Waals surface area contributed by atoms with Crippen molar-refractivity contribution < 1.29 is 0 Å². The highest BCUT2D eigenvalue weighted by Gasteiger charge is 2.21. The molecule has 84 valence electrons. The van der Waals surface area contributed by atoms with Gasteiger partial charge in [0.15, 0.2) is 5.82 Å². The molecule has 2 heterocycles. The van der Waals surface area contributed by atoms with Crippen LogP contribution in [0.3, 0.4) is 0 Å². The van der Waals surface area contributed by atoms with Crippen LogP contribution >= 0.6 is 11.6 Å². The number of nitrogens with zero attached hydrogens (tertiary/aromatic N) is 4. The van der Waals surface area contributed by atoms with Gasteiger partial charge in [-0.25, -0.2) is 9.97 Å². The highest BCUT2D eigenvalue weighted by molar-refractivity contribution is 6.31. The van der Waals surface area contributed by atoms with Crippen molar-refractivity contribution in [1.82, 2.24) is 25.1 Å². The predicted molar refractivity (Wildman–Crippen MR) is 61.2 cm³/mol. The summed E-state index contributed by atoms with van der Waals surface area (Å²) in [4.78, 5) is 8.43. The van der Waals surface area contributed by atoms with Gasteiger partial charge in [0, 0.05) is 19.4 Å². The van der Waals surface area contributed by atoms with Crippen molar-refractivity contribution in [1.29, 1.82) is 0 Å². The zero-order valence-electron chi connectivity index (χ0n) is 9.05. The summed E-state index contributed by atoms with van der Waals surface area (Å²) in [6, 6.07) is 1.63. The van der Waals surface area contributed by atoms with Gasteiger partial charge in [-0.15, -0.1) is 0 Å². The fourth-order valence-corrected chi connectivity index (χ4v) is 1.87. The summed E-state index contributed by atoms with van der Waals surface area (Å²) < 4.78 is 1.72. The summed E-state index contributed by atoms with van der Waals surface area (Å²) in [5.41, 5.74) is 0.857. The fraction of sp³-hybridized carbons (Fsp3) is 0.300. The number of halogens is 1. The maximum atomic E-state index is 6.09. The van der Waals surface area contributed by atoms with E-state index in [4.69, 9.17) is 11.6 Å². The molecule has 0 saturated carbocycles. The van der Waals surface area contributed by atoms with E-state index >= 15 is 0 Å². The molecule has 0 radical (unpaired) electrons. The van der Waals surface area contributed by atoms with Crippen molar-refractivity contribution in [3.05, 3.63) is 41.2 Å². The van der Waals surface area contributed by atoms with Crippen LogP contribution in [0.1, 0.15) is 17.6 Å². The molecule has 0 aliphatic carbocycles. The third-order valence-electron chi connectivity index (χ3n) is 2.34. The van der Waals surface area contributed by atoms with Crippen LogP contribution in [0.5, 0.6) is 0 Å². The number of rotatable bonds is 3. The Morgan fingerprint density at radius 3 is 2.56 bits per heavy atom. The molecule has 16 heavy (non-hydrogen) atoms. The Kier molecular flexibility index (Phi) is 3.17. The van der Waals surface area contributed by atoms with Crippen LogP contribution < -0.4 is 5.32 Å². The molecular formula is C10H12ClN5. The Labute approximate surface area is 98.5 Å². The fourth-order valence-electron chi connectivity index (χ4n) is 1.59. The van der Waals surface area contributed by atoms with Crippen molar-refractivity contribution >= 4 is 11.6 Å². The van der Waals surface area contributed by atoms with Gasteiger partial charge in [-0.1, -0.05) is 11.6 Å². The number of hydrogen-bond acceptors (Lipinski definition) is 4. The lowest BCUT2D eigenvalue weighted by atomic mass is 10.2. The molecule has 0 spiro atoms. The number of aromatic nitrogens is 4. The van der Waals surface area contributed by atoms with Crippen LogP contribution in [-0.4, -0.2) is 26.8 Å². The maximum absolute atomic E-state index is 6.09. The van der Waals surface area contributed by atoms with Gasteiger partial charge in [0.05, 0.1) is 16.9 Å². The van der Waals surface area contributed by atoms with Crippen LogP contribution in [-0.2, 0) is 7.05 Å². The second-order valence-corrected chi connectivity index (χ2v) is 3.74. The minimum Gasteiger partial charge on any atom is -0.305 e. The first kappa shape index (κ1) is 11.0. The van der Waals surface area contributed by atoms with E-state index < -0.39 is 0 Å². The molecule has 1 N–H and O–H groups in total. The molecule has 6 heteroatoms. The van der Waals surface area contributed by atoms with Crippen molar-refractivity contribution in [2.45, 2.75) is 6.04 Å². The van der Waals surface area contributed by atoms with Crippen molar-refractivity contribution in [2.75, 3.05) is 7.05 Å². The third-order valence-corrected chi connectivity index (χ3v) is 2.63. The summed E-state index contributed by atoms with van der Waals surface area (Å²) in [6.45, 7) is 0. The minimum atomic E-state index is -0.152. The lowest BCUT2D eigenvalue weighted by Gasteiger charge is -2.15. The second kappa shape index (κ2) is 4.59. The van der Waals surface area contributed by atoms with Gasteiger partial charge in [0.2, 0.25) is 0 Å². The first-order valence-electron chi connectivity index (χ1n) is 4.85. The maximum Gasteiger partial charge on any atom is 0.151 e. The van der Waals surface area contributed by atoms with E-state index in [0.717, 1.165) is 5.69 Å². The van der Waals surface area contributed by atoms with Crippen LogP contribution in [0.2, 0.25) is 5.02 Å². The quantitative estimate of drug-likeness (QED) is 0.871. The Bertz CT molecular complexity index is 448. The van der Waals surface area contributed by atoms with E-state index in [-0.39, 0.29) is 6.04 Å². The molecule has 0 aromatic carbocycles. The van der Waals surface area contributed by atoms with Crippen molar-refractivity contribution in [2.24, 2.45) is 7.05 Å². The monoisotopic (exact) mass is 237 g/mol. The summed E-state index contributed by atoms with van der Waals surface area (Å²) in [5.74, 6) is 0.676. The topological polar surface area (TPSA) is 55.6 Å². The van der Waals surface area contributed by atoms with E-state index in [2.05, 4.69) is 20.4 Å². The summed E-state index contributed by atoms with van der Waals surface area (Å²) >= 11 is 6.09. The van der Waals surface area contributed by atoms with Gasteiger partial charge in [-0.2, -0.15) is 5.10 Å². The molecule has 2 aromatic heterocycles. The molecule has 0 saturated heterocycles. The summed E-state index contributed by atoms with van der Waals surface area (Å²) in [5, 5.41) is 7.84. The molecule has 0 aliphatic heterocycles. The van der Waals surface area contributed by atoms with Gasteiger partial charge in [0.1, 0.15) is 6.04 Å². The largest absolute Gasteiger partial charge is 0.305 e. The lowest BCUT2D eigenvalue weighted by molar-refractivity contribution is 0.580. The first-order chi connectivity index (χ1) is 7.74. The molecule has 1 unspecified atom stereocenters. The van der Waals surface area contributed by atoms with Gasteiger partial charge >= 0.3 is 0 Å². The van der Waals surface area contributed by atoms with E-state index in [1.807, 2.05) is 14.1 Å². The molecule has 5 nitrogen and oxygen atoms in total. The Morgan fingerprint density at radius 2 is 2.06 bits per heavy atom. The third kappa shape index (κ3) is 1.91. The molecule has 1 atom stereocenters. The minimum absolute atomic E-state index is 0.152. The zero-order chi connectivity index (χ0) is 11.5. The average Bonchev–Trinajstić information content (AvgIpc) is 2.63. The molecule has 0 aliphatic rings. The van der Waals surface area contributed by atoms with Gasteiger partial charge in [-0.3, -0.25) is 4.68 Å². The first-order valence-corrected chi connectivity index (χ1v) is 5.23. The highest BCUT2D eigenvalue weighted by Crippen LogP contribution is 2.24. The average molecular weight is 238 g/mol. The molecule has 0 fully saturated rings. The molecule has 0 amide bonds. The lowest BCUT2D eigenvalue weighted by Crippen LogP contribution is -2.23. The Morgan fingerprint density at radius 1 is 1.38 bits per heavy atom. The van der Waals surface area contributed by atoms with Gasteiger partial charge in [0.25, 0.3) is 0 Å². The SMILES string of the molecule is CNC(c1ncccn1)c1c(Cl)cnn1C. The molecular weight excluding hydrogens is 226 g/mol.